The molecular weight excluding hydrogens is 438 g/mol. The summed E-state index contributed by atoms with van der Waals surface area (Å²) in [6.07, 6.45) is 5.16. The molecule has 2 aliphatic rings. The fraction of sp³-hybridized carbons (Fsp3) is 0.250. The highest BCUT2D eigenvalue weighted by Gasteiger charge is 2.26. The summed E-state index contributed by atoms with van der Waals surface area (Å²) in [5, 5.41) is 3.40. The largest absolute Gasteiger partial charge is 0.491 e. The Labute approximate surface area is 203 Å². The van der Waals surface area contributed by atoms with Crippen LogP contribution in [0.1, 0.15) is 12.0 Å². The van der Waals surface area contributed by atoms with Gasteiger partial charge in [-0.3, -0.25) is 9.20 Å². The Morgan fingerprint density at radius 1 is 1.17 bits per heavy atom. The molecule has 6 rings (SSSR count). The van der Waals surface area contributed by atoms with E-state index in [9.17, 15) is 4.79 Å². The molecule has 1 atom stereocenters. The molecule has 1 amide bonds. The number of carbonyl (C=O) groups is 1. The first-order valence-corrected chi connectivity index (χ1v) is 11.8. The van der Waals surface area contributed by atoms with Crippen LogP contribution in [0.5, 0.6) is 5.75 Å². The van der Waals surface area contributed by atoms with Crippen molar-refractivity contribution in [1.82, 2.24) is 14.7 Å². The van der Waals surface area contributed by atoms with Gasteiger partial charge in [0.1, 0.15) is 11.3 Å². The molecule has 4 heterocycles. The first kappa shape index (κ1) is 21.4. The summed E-state index contributed by atoms with van der Waals surface area (Å²) in [5.41, 5.74) is 7.44. The molecule has 2 aromatic carbocycles. The minimum atomic E-state index is 0.102. The zero-order chi connectivity index (χ0) is 23.9. The number of hydrogen-bond acceptors (Lipinski definition) is 4. The minimum Gasteiger partial charge on any atom is -0.491 e. The Morgan fingerprint density at radius 2 is 2.00 bits per heavy atom. The van der Waals surface area contributed by atoms with Crippen molar-refractivity contribution in [2.24, 2.45) is 5.92 Å². The average Bonchev–Trinajstić information content (AvgIpc) is 3.64. The molecule has 1 saturated heterocycles. The smallest absolute Gasteiger partial charge is 0.231 e. The van der Waals surface area contributed by atoms with Crippen LogP contribution >= 0.6 is 0 Å². The van der Waals surface area contributed by atoms with Gasteiger partial charge in [-0.15, -0.1) is 0 Å². The molecule has 0 spiro atoms. The highest BCUT2D eigenvalue weighted by Crippen LogP contribution is 2.40. The number of ether oxygens (including phenoxy) is 1. The molecule has 35 heavy (non-hydrogen) atoms. The summed E-state index contributed by atoms with van der Waals surface area (Å²) in [6.45, 7) is 9.97. The number of likely N-dealkylation sites (N-methyl/N-ethyl adjacent to an activating group) is 1. The minimum absolute atomic E-state index is 0.102. The van der Waals surface area contributed by atoms with E-state index < -0.39 is 0 Å². The molecule has 0 saturated carbocycles. The number of nitrogens with zero attached hydrogens (tertiary/aromatic N) is 4. The second-order valence-electron chi connectivity index (χ2n) is 9.22. The highest BCUT2D eigenvalue weighted by molar-refractivity contribution is 6.01. The molecule has 0 aliphatic carbocycles. The number of fused-ring (bicyclic) bond motifs is 2. The first-order chi connectivity index (χ1) is 17.1. The number of carbonyl (C=O) groups excluding carboxylic acids is 1. The lowest BCUT2D eigenvalue weighted by molar-refractivity contribution is -0.117. The van der Waals surface area contributed by atoms with Crippen molar-refractivity contribution < 1.29 is 9.53 Å². The van der Waals surface area contributed by atoms with E-state index in [2.05, 4.69) is 37.7 Å². The molecular formula is C28H25N5O2. The van der Waals surface area contributed by atoms with Crippen LogP contribution in [0.3, 0.4) is 0 Å². The quantitative estimate of drug-likeness (QED) is 0.435. The van der Waals surface area contributed by atoms with Crippen LogP contribution < -0.4 is 15.0 Å². The van der Waals surface area contributed by atoms with Crippen LogP contribution in [0.15, 0.2) is 61.1 Å². The van der Waals surface area contributed by atoms with Gasteiger partial charge >= 0.3 is 0 Å². The predicted octanol–water partition coefficient (Wildman–Crippen LogP) is 4.73. The van der Waals surface area contributed by atoms with Gasteiger partial charge in [0.05, 0.1) is 37.8 Å². The van der Waals surface area contributed by atoms with Gasteiger partial charge in [0.2, 0.25) is 5.91 Å². The Hall–Kier alpha value is -4.15. The summed E-state index contributed by atoms with van der Waals surface area (Å²) in [7, 11) is 1.82. The monoisotopic (exact) mass is 463 g/mol. The number of nitrogens with one attached hydrogen (secondary N) is 1. The highest BCUT2D eigenvalue weighted by atomic mass is 16.5. The third kappa shape index (κ3) is 3.72. The molecule has 2 aromatic heterocycles. The summed E-state index contributed by atoms with van der Waals surface area (Å²) in [6, 6.07) is 15.9. The second kappa shape index (κ2) is 8.57. The van der Waals surface area contributed by atoms with Crippen LogP contribution in [-0.2, 0) is 11.2 Å². The fourth-order valence-corrected chi connectivity index (χ4v) is 5.09. The number of anilines is 1. The third-order valence-corrected chi connectivity index (χ3v) is 7.04. The van der Waals surface area contributed by atoms with Gasteiger partial charge in [0, 0.05) is 30.8 Å². The molecule has 2 aliphatic heterocycles. The lowest BCUT2D eigenvalue weighted by Gasteiger charge is -2.19. The van der Waals surface area contributed by atoms with Gasteiger partial charge in [0.15, 0.2) is 5.69 Å². The molecule has 174 valence electrons. The zero-order valence-corrected chi connectivity index (χ0v) is 19.5. The lowest BCUT2D eigenvalue weighted by atomic mass is 9.96. The van der Waals surface area contributed by atoms with Crippen molar-refractivity contribution >= 4 is 22.8 Å². The molecule has 7 heteroatoms. The topological polar surface area (TPSA) is 63.2 Å². The molecule has 7 nitrogen and oxygen atoms in total. The van der Waals surface area contributed by atoms with Crippen molar-refractivity contribution in [3.05, 3.63) is 78.0 Å². The number of benzene rings is 2. The summed E-state index contributed by atoms with van der Waals surface area (Å²) < 4.78 is 8.43. The zero-order valence-electron chi connectivity index (χ0n) is 19.5. The van der Waals surface area contributed by atoms with E-state index in [1.165, 1.54) is 0 Å². The number of pyridine rings is 1. The maximum atomic E-state index is 12.3. The number of aromatic nitrogens is 2. The normalized spacial score (nSPS) is 17.1. The van der Waals surface area contributed by atoms with Crippen LogP contribution in [0, 0.1) is 12.5 Å². The van der Waals surface area contributed by atoms with Crippen LogP contribution in [0.25, 0.3) is 32.7 Å². The van der Waals surface area contributed by atoms with E-state index in [4.69, 9.17) is 11.3 Å². The van der Waals surface area contributed by atoms with Crippen molar-refractivity contribution in [3.8, 4) is 28.1 Å². The van der Waals surface area contributed by atoms with E-state index in [0.717, 1.165) is 64.4 Å². The number of amides is 1. The molecule has 0 unspecified atom stereocenters. The van der Waals surface area contributed by atoms with E-state index in [1.807, 2.05) is 49.9 Å². The third-order valence-electron chi connectivity index (χ3n) is 7.04. The van der Waals surface area contributed by atoms with Crippen molar-refractivity contribution in [1.29, 1.82) is 0 Å². The molecule has 0 radical (unpaired) electrons. The van der Waals surface area contributed by atoms with Crippen molar-refractivity contribution in [2.45, 2.75) is 12.8 Å². The van der Waals surface area contributed by atoms with Gasteiger partial charge in [0.25, 0.3) is 0 Å². The van der Waals surface area contributed by atoms with E-state index >= 15 is 0 Å². The lowest BCUT2D eigenvalue weighted by Crippen LogP contribution is -2.20. The number of rotatable bonds is 5. The number of imidazole rings is 1. The van der Waals surface area contributed by atoms with Gasteiger partial charge in [-0.1, -0.05) is 30.3 Å². The van der Waals surface area contributed by atoms with Crippen LogP contribution in [0.4, 0.5) is 11.4 Å². The molecule has 4 aromatic rings. The summed E-state index contributed by atoms with van der Waals surface area (Å²) >= 11 is 0. The van der Waals surface area contributed by atoms with Crippen LogP contribution in [0.2, 0.25) is 0 Å². The maximum absolute atomic E-state index is 12.3. The Balaban J connectivity index is 1.52. The van der Waals surface area contributed by atoms with E-state index in [1.54, 1.807) is 4.90 Å². The summed E-state index contributed by atoms with van der Waals surface area (Å²) in [4.78, 5) is 22.0. The van der Waals surface area contributed by atoms with Gasteiger partial charge < -0.3 is 15.0 Å². The van der Waals surface area contributed by atoms with Crippen molar-refractivity contribution in [3.63, 3.8) is 0 Å². The summed E-state index contributed by atoms with van der Waals surface area (Å²) in [5.74, 6) is 1.38. The molecule has 1 fully saturated rings. The predicted molar refractivity (Wildman–Crippen MR) is 136 cm³/mol. The SMILES string of the molecule is [C-]#[N+]c1ccc(-c2cc(OC[C@@H]3CCNC3)c3cncn3c2-c2ccc3c(c2)CC(=O)N3C)cc1. The fourth-order valence-electron chi connectivity index (χ4n) is 5.09. The number of hydrogen-bond donors (Lipinski definition) is 1. The average molecular weight is 464 g/mol. The first-order valence-electron chi connectivity index (χ1n) is 11.8. The Morgan fingerprint density at radius 3 is 2.77 bits per heavy atom. The van der Waals surface area contributed by atoms with Crippen molar-refractivity contribution in [2.75, 3.05) is 31.6 Å². The Bertz CT molecular complexity index is 1480. The van der Waals surface area contributed by atoms with Gasteiger partial charge in [-0.05, 0) is 47.9 Å². The van der Waals surface area contributed by atoms with Gasteiger partial charge in [-0.25, -0.2) is 9.83 Å². The second-order valence-corrected chi connectivity index (χ2v) is 9.22. The van der Waals surface area contributed by atoms with E-state index in [-0.39, 0.29) is 5.91 Å². The van der Waals surface area contributed by atoms with Crippen LogP contribution in [-0.4, -0.2) is 42.0 Å². The molecule has 0 bridgehead atoms. The molecule has 1 N–H and O–H groups in total. The maximum Gasteiger partial charge on any atom is 0.231 e. The van der Waals surface area contributed by atoms with Gasteiger partial charge in [-0.2, -0.15) is 0 Å². The Kier molecular flexibility index (Phi) is 5.24. The standard InChI is InChI=1S/C28H25N5O2/c1-29-22-6-3-19(4-7-22)23-13-26(35-16-18-9-10-30-14-18)25-15-31-17-33(25)28(23)20-5-8-24-21(11-20)12-27(34)32(24)2/h3-8,11,13,15,17-18,30H,9-10,12,14,16H2,2H3/t18-/m1/s1. The van der Waals surface area contributed by atoms with E-state index in [0.29, 0.717) is 24.6 Å².